The van der Waals surface area contributed by atoms with Crippen molar-refractivity contribution in [3.8, 4) is 17.2 Å². The van der Waals surface area contributed by atoms with Crippen LogP contribution >= 0.6 is 0 Å². The molecule has 0 bridgehead atoms. The van der Waals surface area contributed by atoms with E-state index >= 15 is 0 Å². The predicted molar refractivity (Wildman–Crippen MR) is 96.1 cm³/mol. The summed E-state index contributed by atoms with van der Waals surface area (Å²) in [4.78, 5) is 24.1. The average Bonchev–Trinajstić information content (AvgIpc) is 2.50. The molecule has 0 aromatic heterocycles. The summed E-state index contributed by atoms with van der Waals surface area (Å²) in [7, 11) is 0. The minimum Gasteiger partial charge on any atom is -0.506 e. The number of Topliss-reactive ketones (excluding diaryl/α,β-unsaturated/α-hetero) is 1. The van der Waals surface area contributed by atoms with Gasteiger partial charge in [0.05, 0.1) is 17.9 Å². The van der Waals surface area contributed by atoms with Gasteiger partial charge in [-0.1, -0.05) is 13.8 Å². The van der Waals surface area contributed by atoms with Crippen molar-refractivity contribution in [2.45, 2.75) is 58.7 Å². The Balaban J connectivity index is 2.32. The maximum absolute atomic E-state index is 12.8. The van der Waals surface area contributed by atoms with E-state index in [1.165, 1.54) is 0 Å². The minimum atomic E-state index is -0.956. The summed E-state index contributed by atoms with van der Waals surface area (Å²) in [6.07, 6.45) is 3.00. The zero-order valence-corrected chi connectivity index (χ0v) is 15.6. The Morgan fingerprint density at radius 2 is 1.96 bits per heavy atom. The van der Waals surface area contributed by atoms with E-state index in [-0.39, 0.29) is 35.4 Å². The summed E-state index contributed by atoms with van der Waals surface area (Å²) in [5, 5.41) is 20.0. The van der Waals surface area contributed by atoms with Crippen molar-refractivity contribution in [3.63, 3.8) is 0 Å². The van der Waals surface area contributed by atoms with Gasteiger partial charge in [-0.3, -0.25) is 9.59 Å². The number of ether oxygens (including phenoxy) is 2. The first-order valence-electron chi connectivity index (χ1n) is 8.77. The van der Waals surface area contributed by atoms with Crippen LogP contribution < -0.4 is 9.47 Å². The monoisotopic (exact) mass is 360 g/mol. The van der Waals surface area contributed by atoms with Crippen LogP contribution in [0.15, 0.2) is 6.08 Å². The summed E-state index contributed by atoms with van der Waals surface area (Å²) < 4.78 is 12.1. The zero-order valence-electron chi connectivity index (χ0n) is 15.6. The summed E-state index contributed by atoms with van der Waals surface area (Å²) in [6.45, 7) is 9.03. The van der Waals surface area contributed by atoms with Crippen molar-refractivity contribution in [3.05, 3.63) is 22.8 Å². The fourth-order valence-corrected chi connectivity index (χ4v) is 3.47. The number of carbonyl (C=O) groups excluding carboxylic acids is 1. The Labute approximate surface area is 152 Å². The van der Waals surface area contributed by atoms with Gasteiger partial charge in [0.25, 0.3) is 0 Å². The van der Waals surface area contributed by atoms with Gasteiger partial charge >= 0.3 is 5.97 Å². The lowest BCUT2D eigenvalue weighted by atomic mass is 9.83. The molecule has 1 aromatic rings. The number of ketones is 1. The Morgan fingerprint density at radius 3 is 2.58 bits per heavy atom. The van der Waals surface area contributed by atoms with Crippen LogP contribution in [0, 0.1) is 5.92 Å². The summed E-state index contributed by atoms with van der Waals surface area (Å²) in [5.41, 5.74) is 0.423. The molecule has 1 aromatic carbocycles. The fourth-order valence-electron chi connectivity index (χ4n) is 3.47. The third kappa shape index (κ3) is 2.83. The SMILES string of the molecule is CC(CC(=O)O)c1c2c(c(O)c3c1O[C@@H](C)[C@H](C)C3=O)C=CC(C)(C)O2. The van der Waals surface area contributed by atoms with E-state index in [1.807, 2.05) is 13.8 Å². The van der Waals surface area contributed by atoms with Gasteiger partial charge in [-0.25, -0.2) is 0 Å². The molecule has 0 amide bonds. The van der Waals surface area contributed by atoms with Crippen molar-refractivity contribution in [2.24, 2.45) is 5.92 Å². The smallest absolute Gasteiger partial charge is 0.303 e. The van der Waals surface area contributed by atoms with Gasteiger partial charge < -0.3 is 19.7 Å². The van der Waals surface area contributed by atoms with Crippen molar-refractivity contribution in [2.75, 3.05) is 0 Å². The second-order valence-electron chi connectivity index (χ2n) is 7.72. The number of carbonyl (C=O) groups is 2. The quantitative estimate of drug-likeness (QED) is 0.853. The van der Waals surface area contributed by atoms with E-state index in [4.69, 9.17) is 9.47 Å². The molecule has 0 spiro atoms. The molecule has 3 rings (SSSR count). The molecule has 0 aliphatic carbocycles. The molecule has 140 valence electrons. The van der Waals surface area contributed by atoms with Gasteiger partial charge in [0.2, 0.25) is 0 Å². The van der Waals surface area contributed by atoms with Crippen molar-refractivity contribution >= 4 is 17.8 Å². The average molecular weight is 360 g/mol. The van der Waals surface area contributed by atoms with Crippen LogP contribution in [0.2, 0.25) is 0 Å². The summed E-state index contributed by atoms with van der Waals surface area (Å²) in [6, 6.07) is 0. The van der Waals surface area contributed by atoms with Crippen LogP contribution in [0.1, 0.15) is 68.4 Å². The number of fused-ring (bicyclic) bond motifs is 2. The number of phenols is 1. The second kappa shape index (κ2) is 6.04. The number of aromatic hydroxyl groups is 1. The first-order valence-corrected chi connectivity index (χ1v) is 8.77. The molecule has 2 N–H and O–H groups in total. The number of hydrogen-bond donors (Lipinski definition) is 2. The molecule has 6 nitrogen and oxygen atoms in total. The Hall–Kier alpha value is -2.50. The van der Waals surface area contributed by atoms with Gasteiger partial charge in [-0.15, -0.1) is 0 Å². The molecular weight excluding hydrogens is 336 g/mol. The highest BCUT2D eigenvalue weighted by atomic mass is 16.5. The van der Waals surface area contributed by atoms with E-state index in [1.54, 1.807) is 32.9 Å². The molecule has 2 aliphatic heterocycles. The normalized spacial score (nSPS) is 24.1. The maximum Gasteiger partial charge on any atom is 0.303 e. The first kappa shape index (κ1) is 18.3. The molecule has 26 heavy (non-hydrogen) atoms. The number of carboxylic acid groups (broad SMARTS) is 1. The third-order valence-corrected chi connectivity index (χ3v) is 5.11. The van der Waals surface area contributed by atoms with E-state index in [0.29, 0.717) is 16.9 Å². The van der Waals surface area contributed by atoms with Gasteiger partial charge in [0.1, 0.15) is 34.5 Å². The second-order valence-corrected chi connectivity index (χ2v) is 7.72. The van der Waals surface area contributed by atoms with Crippen LogP contribution in [0.3, 0.4) is 0 Å². The van der Waals surface area contributed by atoms with Crippen LogP contribution in [0.5, 0.6) is 17.2 Å². The fraction of sp³-hybridized carbons (Fsp3) is 0.500. The lowest BCUT2D eigenvalue weighted by Gasteiger charge is -2.36. The molecule has 0 radical (unpaired) electrons. The van der Waals surface area contributed by atoms with Crippen LogP contribution in [-0.2, 0) is 4.79 Å². The molecule has 2 heterocycles. The number of benzene rings is 1. The number of aliphatic carboxylic acids is 1. The van der Waals surface area contributed by atoms with E-state index in [0.717, 1.165) is 0 Å². The van der Waals surface area contributed by atoms with Crippen molar-refractivity contribution in [1.82, 2.24) is 0 Å². The minimum absolute atomic E-state index is 0.120. The number of carboxylic acids is 1. The molecule has 3 atom stereocenters. The highest BCUT2D eigenvalue weighted by Gasteiger charge is 2.41. The standard InChI is InChI=1S/C20H24O6/c1-9(8-13(21)22)14-18-12(6-7-20(4,5)26-18)17(24)15-16(23)10(2)11(3)25-19(14)15/h6-7,9-11,24H,8H2,1-5H3,(H,21,22)/t9?,10-,11-/m0/s1. The van der Waals surface area contributed by atoms with E-state index in [2.05, 4.69) is 0 Å². The molecule has 2 aliphatic rings. The molecular formula is C20H24O6. The zero-order chi connectivity index (χ0) is 19.4. The summed E-state index contributed by atoms with van der Waals surface area (Å²) >= 11 is 0. The number of rotatable bonds is 3. The summed E-state index contributed by atoms with van der Waals surface area (Å²) in [5.74, 6) is -1.56. The maximum atomic E-state index is 12.8. The Kier molecular flexibility index (Phi) is 4.25. The topological polar surface area (TPSA) is 93.1 Å². The molecule has 6 heteroatoms. The molecule has 0 saturated heterocycles. The predicted octanol–water partition coefficient (Wildman–Crippen LogP) is 3.75. The lowest BCUT2D eigenvalue weighted by molar-refractivity contribution is -0.137. The van der Waals surface area contributed by atoms with Crippen LogP contribution in [-0.4, -0.2) is 33.7 Å². The highest BCUT2D eigenvalue weighted by molar-refractivity contribution is 6.06. The van der Waals surface area contributed by atoms with E-state index in [9.17, 15) is 19.8 Å². The van der Waals surface area contributed by atoms with E-state index < -0.39 is 23.4 Å². The van der Waals surface area contributed by atoms with Gasteiger partial charge in [0.15, 0.2) is 5.78 Å². The molecule has 1 unspecified atom stereocenters. The Morgan fingerprint density at radius 1 is 1.31 bits per heavy atom. The number of hydrogen-bond acceptors (Lipinski definition) is 5. The molecule has 0 saturated carbocycles. The number of phenolic OH excluding ortho intramolecular Hbond substituents is 1. The van der Waals surface area contributed by atoms with Gasteiger partial charge in [0, 0.05) is 5.56 Å². The van der Waals surface area contributed by atoms with Crippen molar-refractivity contribution in [1.29, 1.82) is 0 Å². The lowest BCUT2D eigenvalue weighted by Crippen LogP contribution is -2.35. The highest BCUT2D eigenvalue weighted by Crippen LogP contribution is 2.52. The van der Waals surface area contributed by atoms with Crippen LogP contribution in [0.4, 0.5) is 0 Å². The largest absolute Gasteiger partial charge is 0.506 e. The van der Waals surface area contributed by atoms with Crippen LogP contribution in [0.25, 0.3) is 6.08 Å². The molecule has 0 fully saturated rings. The third-order valence-electron chi connectivity index (χ3n) is 5.11. The Bertz CT molecular complexity index is 820. The van der Waals surface area contributed by atoms with Gasteiger partial charge in [-0.2, -0.15) is 0 Å². The van der Waals surface area contributed by atoms with Crippen molar-refractivity contribution < 1.29 is 29.3 Å². The first-order chi connectivity index (χ1) is 12.0. The van der Waals surface area contributed by atoms with Gasteiger partial charge in [-0.05, 0) is 38.8 Å².